The quantitative estimate of drug-likeness (QED) is 0.823. The monoisotopic (exact) mass is 334 g/mol. The van der Waals surface area contributed by atoms with Crippen LogP contribution in [0.5, 0.6) is 0 Å². The van der Waals surface area contributed by atoms with Gasteiger partial charge >= 0.3 is 6.03 Å². The van der Waals surface area contributed by atoms with Gasteiger partial charge in [-0.15, -0.1) is 10.2 Å². The molecule has 1 heterocycles. The van der Waals surface area contributed by atoms with Crippen molar-refractivity contribution in [2.45, 2.75) is 47.2 Å². The summed E-state index contributed by atoms with van der Waals surface area (Å²) in [7, 11) is 0. The van der Waals surface area contributed by atoms with E-state index in [4.69, 9.17) is 0 Å². The van der Waals surface area contributed by atoms with E-state index in [1.807, 2.05) is 27.0 Å². The van der Waals surface area contributed by atoms with E-state index in [0.29, 0.717) is 4.34 Å². The molecule has 0 aliphatic rings. The van der Waals surface area contributed by atoms with Crippen LogP contribution in [0.2, 0.25) is 0 Å². The second-order valence-corrected chi connectivity index (χ2v) is 8.61. The summed E-state index contributed by atoms with van der Waals surface area (Å²) in [6.07, 6.45) is 1.92. The van der Waals surface area contributed by atoms with E-state index in [9.17, 15) is 9.59 Å². The molecule has 3 amide bonds. The topological polar surface area (TPSA) is 84.0 Å². The Bertz CT molecular complexity index is 484. The number of hydrogen-bond acceptors (Lipinski definition) is 7. The van der Waals surface area contributed by atoms with Crippen LogP contribution in [-0.2, 0) is 4.79 Å². The molecule has 9 heteroatoms. The average molecular weight is 334 g/mol. The van der Waals surface area contributed by atoms with Gasteiger partial charge < -0.3 is 5.32 Å². The highest BCUT2D eigenvalue weighted by Crippen LogP contribution is 2.30. The first-order valence-electron chi connectivity index (χ1n) is 5.88. The largest absolute Gasteiger partial charge is 0.333 e. The summed E-state index contributed by atoms with van der Waals surface area (Å²) in [6.45, 7) is 7.27. The zero-order chi connectivity index (χ0) is 15.3. The van der Waals surface area contributed by atoms with Gasteiger partial charge in [-0.1, -0.05) is 34.9 Å². The van der Waals surface area contributed by atoms with Crippen LogP contribution in [0.15, 0.2) is 8.68 Å². The Morgan fingerprint density at radius 1 is 1.25 bits per heavy atom. The highest BCUT2D eigenvalue weighted by atomic mass is 32.2. The highest BCUT2D eigenvalue weighted by molar-refractivity contribution is 8.03. The van der Waals surface area contributed by atoms with Gasteiger partial charge in [-0.05, 0) is 34.0 Å². The lowest BCUT2D eigenvalue weighted by atomic mass is 10.1. The van der Waals surface area contributed by atoms with Crippen LogP contribution in [0.3, 0.4) is 0 Å². The fourth-order valence-electron chi connectivity index (χ4n) is 1.12. The van der Waals surface area contributed by atoms with Crippen LogP contribution < -0.4 is 10.6 Å². The fraction of sp³-hybridized carbons (Fsp3) is 0.636. The number of urea groups is 1. The molecule has 0 unspecified atom stereocenters. The van der Waals surface area contributed by atoms with Gasteiger partial charge in [0.2, 0.25) is 5.91 Å². The number of hydrogen-bond donors (Lipinski definition) is 2. The minimum Gasteiger partial charge on any atom is -0.333 e. The lowest BCUT2D eigenvalue weighted by Gasteiger charge is -2.20. The van der Waals surface area contributed by atoms with Crippen LogP contribution in [0, 0.1) is 0 Å². The zero-order valence-corrected chi connectivity index (χ0v) is 14.5. The standard InChI is InChI=1S/C11H18N4O2S3/c1-6(19-10-15-14-9(18-5)20-10)7(16)12-8(17)13-11(2,3)4/h6H,1-5H3,(H2,12,13,16,17)/t6-/m1/s1. The SMILES string of the molecule is CSc1nnc(S[C@H](C)C(=O)NC(=O)NC(C)(C)C)s1. The predicted octanol–water partition coefficient (Wildman–Crippen LogP) is 2.36. The third-order valence-corrected chi connectivity index (χ3v) is 5.02. The number of nitrogens with zero attached hydrogens (tertiary/aromatic N) is 2. The Morgan fingerprint density at radius 2 is 1.85 bits per heavy atom. The third-order valence-electron chi connectivity index (χ3n) is 1.93. The molecular formula is C11H18N4O2S3. The molecule has 0 aliphatic carbocycles. The fourth-order valence-corrected chi connectivity index (χ4v) is 3.70. The van der Waals surface area contributed by atoms with Gasteiger partial charge in [0.1, 0.15) is 0 Å². The molecule has 6 nitrogen and oxygen atoms in total. The van der Waals surface area contributed by atoms with E-state index in [1.165, 1.54) is 34.9 Å². The first-order valence-corrected chi connectivity index (χ1v) is 8.80. The zero-order valence-electron chi connectivity index (χ0n) is 12.0. The number of thioether (sulfide) groups is 2. The molecule has 1 rings (SSSR count). The van der Waals surface area contributed by atoms with Crippen molar-refractivity contribution in [1.82, 2.24) is 20.8 Å². The molecule has 0 fully saturated rings. The van der Waals surface area contributed by atoms with Crippen molar-refractivity contribution in [1.29, 1.82) is 0 Å². The summed E-state index contributed by atoms with van der Waals surface area (Å²) in [4.78, 5) is 23.5. The van der Waals surface area contributed by atoms with Crippen LogP contribution in [-0.4, -0.2) is 39.2 Å². The molecule has 2 N–H and O–H groups in total. The van der Waals surface area contributed by atoms with Crippen molar-refractivity contribution in [3.8, 4) is 0 Å². The summed E-state index contributed by atoms with van der Waals surface area (Å²) in [6, 6.07) is -0.489. The number of rotatable bonds is 4. The first kappa shape index (κ1) is 17.3. The van der Waals surface area contributed by atoms with Gasteiger partial charge in [0.15, 0.2) is 8.68 Å². The Hall–Kier alpha value is -0.800. The number of carbonyl (C=O) groups excluding carboxylic acids is 2. The lowest BCUT2D eigenvalue weighted by molar-refractivity contribution is -0.119. The van der Waals surface area contributed by atoms with E-state index >= 15 is 0 Å². The average Bonchev–Trinajstić information content (AvgIpc) is 2.73. The summed E-state index contributed by atoms with van der Waals surface area (Å²) >= 11 is 4.23. The van der Waals surface area contributed by atoms with Gasteiger partial charge in [0, 0.05) is 5.54 Å². The van der Waals surface area contributed by atoms with Crippen LogP contribution in [0.25, 0.3) is 0 Å². The van der Waals surface area contributed by atoms with Gasteiger partial charge in [-0.2, -0.15) is 0 Å². The smallest absolute Gasteiger partial charge is 0.321 e. The van der Waals surface area contributed by atoms with Crippen LogP contribution >= 0.6 is 34.9 Å². The Kier molecular flexibility index (Phi) is 6.28. The molecule has 0 spiro atoms. The summed E-state index contributed by atoms with van der Waals surface area (Å²) in [5.74, 6) is -0.349. The maximum absolute atomic E-state index is 11.9. The van der Waals surface area contributed by atoms with E-state index < -0.39 is 11.3 Å². The molecule has 1 atom stereocenters. The van der Waals surface area contributed by atoms with Crippen LogP contribution in [0.1, 0.15) is 27.7 Å². The van der Waals surface area contributed by atoms with Gasteiger partial charge in [0.25, 0.3) is 0 Å². The van der Waals surface area contributed by atoms with E-state index in [1.54, 1.807) is 6.92 Å². The highest BCUT2D eigenvalue weighted by Gasteiger charge is 2.21. The van der Waals surface area contributed by atoms with Crippen molar-refractivity contribution in [2.75, 3.05) is 6.26 Å². The van der Waals surface area contributed by atoms with Crippen molar-refractivity contribution in [3.63, 3.8) is 0 Å². The van der Waals surface area contributed by atoms with Crippen molar-refractivity contribution in [2.24, 2.45) is 0 Å². The second kappa shape index (κ2) is 7.28. The molecule has 112 valence electrons. The molecule has 0 aromatic carbocycles. The minimum absolute atomic E-state index is 0.349. The van der Waals surface area contributed by atoms with E-state index in [0.717, 1.165) is 4.34 Å². The predicted molar refractivity (Wildman–Crippen MR) is 83.4 cm³/mol. The Labute approximate surface area is 130 Å². The number of nitrogens with one attached hydrogen (secondary N) is 2. The summed E-state index contributed by atoms with van der Waals surface area (Å²) < 4.78 is 1.57. The summed E-state index contributed by atoms with van der Waals surface area (Å²) in [5, 5.41) is 12.5. The molecule has 0 bridgehead atoms. The number of imide groups is 1. The minimum atomic E-state index is -0.489. The molecule has 0 radical (unpaired) electrons. The molecule has 0 saturated carbocycles. The number of aromatic nitrogens is 2. The van der Waals surface area contributed by atoms with Crippen molar-refractivity contribution in [3.05, 3.63) is 0 Å². The lowest BCUT2D eigenvalue weighted by Crippen LogP contribution is -2.49. The molecule has 0 aliphatic heterocycles. The van der Waals surface area contributed by atoms with Crippen molar-refractivity contribution >= 4 is 46.8 Å². The maximum Gasteiger partial charge on any atom is 0.321 e. The molecular weight excluding hydrogens is 316 g/mol. The summed E-state index contributed by atoms with van der Waals surface area (Å²) in [5.41, 5.74) is -0.382. The van der Waals surface area contributed by atoms with Gasteiger partial charge in [0.05, 0.1) is 5.25 Å². The normalized spacial score (nSPS) is 12.8. The number of carbonyl (C=O) groups is 2. The van der Waals surface area contributed by atoms with E-state index in [-0.39, 0.29) is 11.4 Å². The maximum atomic E-state index is 11.9. The third kappa shape index (κ3) is 6.10. The molecule has 1 aromatic heterocycles. The van der Waals surface area contributed by atoms with Crippen molar-refractivity contribution < 1.29 is 9.59 Å². The van der Waals surface area contributed by atoms with Gasteiger partial charge in [-0.25, -0.2) is 4.79 Å². The van der Waals surface area contributed by atoms with E-state index in [2.05, 4.69) is 20.8 Å². The Morgan fingerprint density at radius 3 is 2.35 bits per heavy atom. The number of amides is 3. The Balaban J connectivity index is 2.48. The molecule has 0 saturated heterocycles. The second-order valence-electron chi connectivity index (χ2n) is 4.99. The first-order chi connectivity index (χ1) is 9.21. The molecule has 1 aromatic rings. The van der Waals surface area contributed by atoms with Crippen LogP contribution in [0.4, 0.5) is 4.79 Å². The molecule has 20 heavy (non-hydrogen) atoms. The van der Waals surface area contributed by atoms with Gasteiger partial charge in [-0.3, -0.25) is 10.1 Å².